The molecular weight excluding hydrogens is 1380 g/mol. The Morgan fingerprint density at radius 1 is 0.580 bits per heavy atom. The van der Waals surface area contributed by atoms with Crippen LogP contribution in [0.15, 0.2) is 244 Å². The highest BCUT2D eigenvalue weighted by Crippen LogP contribution is 2.31. The number of Topliss-reactive ketones (excluding diaryl/α,β-unsaturated/α-hetero) is 1. The fourth-order valence-electron chi connectivity index (χ4n) is 8.26. The number of aromatic nitrogens is 11. The summed E-state index contributed by atoms with van der Waals surface area (Å²) in [5.41, 5.74) is 15.1. The molecule has 0 fully saturated rings. The molecule has 6 aromatic heterocycles. The van der Waals surface area contributed by atoms with Crippen LogP contribution in [0.25, 0.3) is 0 Å². The summed E-state index contributed by atoms with van der Waals surface area (Å²) in [7, 11) is 3.14. The minimum atomic E-state index is -0.435. The first kappa shape index (κ1) is 75.6. The summed E-state index contributed by atoms with van der Waals surface area (Å²) in [5, 5.41) is 25.2. The number of aliphatic hydroxyl groups excluding tert-OH is 1. The van der Waals surface area contributed by atoms with Crippen LogP contribution in [0.5, 0.6) is 34.5 Å². The molecule has 12 aromatic rings. The zero-order valence-electron chi connectivity index (χ0n) is 54.5. The molecule has 0 saturated heterocycles. The number of nitrogens with zero attached hydrogens (tertiary/aromatic N) is 13. The Balaban J connectivity index is 0.000000177. The number of anilines is 4. The van der Waals surface area contributed by atoms with E-state index in [0.29, 0.717) is 83.2 Å². The number of isothiocyanates is 1. The number of nitrogens with one attached hydrogen (secondary N) is 1. The number of halogens is 1. The van der Waals surface area contributed by atoms with Gasteiger partial charge in [0.05, 0.1) is 99.7 Å². The van der Waals surface area contributed by atoms with Crippen molar-refractivity contribution in [3.63, 3.8) is 0 Å². The first-order valence-corrected chi connectivity index (χ1v) is 32.9. The van der Waals surface area contributed by atoms with Crippen LogP contribution in [0.2, 0.25) is 0 Å². The number of hydrogen-bond donors (Lipinski definition) is 4. The normalized spacial score (nSPS) is 10.1. The van der Waals surface area contributed by atoms with E-state index in [1.54, 1.807) is 131 Å². The number of aliphatic hydroxyl groups is 1. The van der Waals surface area contributed by atoms with Gasteiger partial charge in [-0.3, -0.25) is 19.7 Å². The highest BCUT2D eigenvalue weighted by Gasteiger charge is 2.19. The Kier molecular flexibility index (Phi) is 32.2. The van der Waals surface area contributed by atoms with E-state index in [4.69, 9.17) is 45.0 Å². The summed E-state index contributed by atoms with van der Waals surface area (Å²) in [6.45, 7) is 6.07. The zero-order valence-corrected chi connectivity index (χ0v) is 57.7. The van der Waals surface area contributed by atoms with Gasteiger partial charge in [0, 0.05) is 103 Å². The van der Waals surface area contributed by atoms with Crippen molar-refractivity contribution < 1.29 is 48.0 Å². The number of hydrogen-bond acceptors (Lipinski definition) is 23. The van der Waals surface area contributed by atoms with Crippen molar-refractivity contribution in [3.05, 3.63) is 265 Å². The van der Waals surface area contributed by atoms with Gasteiger partial charge in [-0.2, -0.15) is 4.99 Å². The Hall–Kier alpha value is -11.8. The number of nitro benzene ring substituents is 1. The summed E-state index contributed by atoms with van der Waals surface area (Å²) >= 11 is 8.84. The maximum atomic E-state index is 12.8. The average molecular weight is 1460 g/mol. The van der Waals surface area contributed by atoms with Crippen LogP contribution in [-0.4, -0.2) is 132 Å². The molecule has 0 aliphatic rings. The third kappa shape index (κ3) is 27.4. The van der Waals surface area contributed by atoms with E-state index in [-0.39, 0.29) is 29.7 Å². The highest BCUT2D eigenvalue weighted by molar-refractivity contribution is 9.09. The molecule has 0 atom stereocenters. The van der Waals surface area contributed by atoms with Crippen LogP contribution in [0, 0.1) is 10.1 Å². The lowest BCUT2D eigenvalue weighted by atomic mass is 10.1. The van der Waals surface area contributed by atoms with Gasteiger partial charge in [-0.25, -0.2) is 29.9 Å². The molecule has 0 unspecified atom stereocenters. The number of aliphatic imine (C=N–C) groups is 1. The Morgan fingerprint density at radius 3 is 1.37 bits per heavy atom. The zero-order chi connectivity index (χ0) is 70.9. The summed E-state index contributed by atoms with van der Waals surface area (Å²) in [6, 6.07) is 42.4. The van der Waals surface area contributed by atoms with E-state index in [2.05, 4.69) is 73.5 Å². The van der Waals surface area contributed by atoms with Gasteiger partial charge in [0.1, 0.15) is 71.6 Å². The minimum Gasteiger partial charge on any atom is -0.497 e. The van der Waals surface area contributed by atoms with Crippen molar-refractivity contribution in [3.8, 4) is 34.5 Å². The monoisotopic (exact) mass is 1460 g/mol. The summed E-state index contributed by atoms with van der Waals surface area (Å²) in [5.74, 6) is 4.42. The first-order valence-electron chi connectivity index (χ1n) is 30.6. The number of imidazole rings is 5. The van der Waals surface area contributed by atoms with Crippen LogP contribution in [0.3, 0.4) is 0 Å². The van der Waals surface area contributed by atoms with Gasteiger partial charge in [0.2, 0.25) is 5.78 Å². The molecule has 0 amide bonds. The molecule has 12 rings (SSSR count). The molecule has 0 aliphatic carbocycles. The van der Waals surface area contributed by atoms with Crippen molar-refractivity contribution in [2.75, 3.05) is 69.4 Å². The average Bonchev–Trinajstić information content (AvgIpc) is 1.68. The topological polar surface area (TPSA) is 331 Å². The number of ketones is 2. The van der Waals surface area contributed by atoms with Gasteiger partial charge < -0.3 is 73.1 Å². The van der Waals surface area contributed by atoms with E-state index in [9.17, 15) is 19.7 Å². The lowest BCUT2D eigenvalue weighted by Gasteiger charge is -2.08. The molecule has 0 saturated carbocycles. The maximum absolute atomic E-state index is 12.8. The predicted octanol–water partition coefficient (Wildman–Crippen LogP) is 12.2. The molecule has 30 heteroatoms. The van der Waals surface area contributed by atoms with Crippen LogP contribution >= 0.6 is 39.5 Å². The van der Waals surface area contributed by atoms with Crippen molar-refractivity contribution in [1.82, 2.24) is 52.7 Å². The molecule has 6 N–H and O–H groups in total. The second kappa shape index (κ2) is 42.7. The molecule has 27 nitrogen and oxygen atoms in total. The Morgan fingerprint density at radius 2 is 0.980 bits per heavy atom. The van der Waals surface area contributed by atoms with Crippen molar-refractivity contribution in [1.29, 1.82) is 0 Å². The van der Waals surface area contributed by atoms with E-state index in [0.717, 1.165) is 53.9 Å². The van der Waals surface area contributed by atoms with Gasteiger partial charge in [0.15, 0.2) is 10.9 Å². The summed E-state index contributed by atoms with van der Waals surface area (Å²) in [6.07, 6.45) is 26.7. The lowest BCUT2D eigenvalue weighted by molar-refractivity contribution is -0.384. The number of carbonyl (C=O) groups excluding carboxylic acids is 2. The summed E-state index contributed by atoms with van der Waals surface area (Å²) < 4.78 is 42.1. The lowest BCUT2D eigenvalue weighted by Crippen LogP contribution is -2.06. The van der Waals surface area contributed by atoms with Gasteiger partial charge in [-0.05, 0) is 121 Å². The predicted molar refractivity (Wildman–Crippen MR) is 389 cm³/mol. The number of methoxy groups -OCH3 is 2. The van der Waals surface area contributed by atoms with Crippen LogP contribution in [0.4, 0.5) is 33.7 Å². The largest absolute Gasteiger partial charge is 0.497 e. The van der Waals surface area contributed by atoms with Crippen LogP contribution in [-0.2, 0) is 32.7 Å². The second-order valence-electron chi connectivity index (χ2n) is 20.4. The molecule has 100 heavy (non-hydrogen) atoms. The number of carbonyl (C=O) groups is 2. The third-order valence-corrected chi connectivity index (χ3v) is 15.0. The van der Waals surface area contributed by atoms with Crippen molar-refractivity contribution >= 4 is 89.9 Å². The number of non-ortho nitro benzene ring substituents is 1. The standard InChI is InChI=1S/C22H21N5O3S.C12H11N3OS.C11H11N3O3.C11H13N3O.C9H9BrO2.C5H8N2O/c1-29-18-4-2-3-15(13-18)19(28)20-21(23)26-22(31-20)25-16-5-7-17(8-6-16)30-12-11-27-10-9-24-14-27;17-10-14-11-1-3-12(4-2-11)16-8-7-15-6-5-13-9-15;15-14(16)10-1-3-11(4-2-10)17-8-7-13-6-5-12-9-13;12-10-1-3-11(4-2-10)15-8-7-14-6-5-13-9-14;1-12-8-4-2-3-7(5-8)9(11)6-10;8-4-3-7-2-1-6-5-7/h2-10,13-14H,11-12,23H2,1H3,(H,25,26);2*1-6,9H,7-8H2;1-6,9H,7-8,12H2;2-5H,6H2,1H3;1-2,5,8H,3-4H2. The highest BCUT2D eigenvalue weighted by atomic mass is 79.9. The number of ether oxygens (including phenoxy) is 6. The quantitative estimate of drug-likeness (QED) is 0.00673. The van der Waals surface area contributed by atoms with Gasteiger partial charge in [0.25, 0.3) is 5.69 Å². The fraction of sp³-hybridized carbons (Fsp3) is 0.186. The van der Waals surface area contributed by atoms with Crippen molar-refractivity contribution in [2.45, 2.75) is 32.7 Å². The smallest absolute Gasteiger partial charge is 0.269 e. The number of rotatable bonds is 28. The Labute approximate surface area is 594 Å². The molecule has 6 aromatic carbocycles. The molecular formula is C70H73BrN16O11S2. The molecule has 0 radical (unpaired) electrons. The third-order valence-electron chi connectivity index (χ3n) is 13.4. The number of thiocarbonyl (C=S) groups is 1. The number of thiazole rings is 1. The number of nitro groups is 1. The van der Waals surface area contributed by atoms with Gasteiger partial charge in [-0.1, -0.05) is 51.5 Å². The second-order valence-corrected chi connectivity index (χ2v) is 22.1. The van der Waals surface area contributed by atoms with Crippen molar-refractivity contribution in [2.24, 2.45) is 4.99 Å². The van der Waals surface area contributed by atoms with Crippen LogP contribution < -0.4 is 45.2 Å². The van der Waals surface area contributed by atoms with Gasteiger partial charge >= 0.3 is 0 Å². The molecule has 0 bridgehead atoms. The van der Waals surface area contributed by atoms with Gasteiger partial charge in [-0.15, -0.1) is 0 Å². The number of alkyl halides is 1. The SMILES string of the molecule is COc1cccc(C(=O)CBr)c1.COc1cccc(C(=O)c2sc(Nc3ccc(OCCn4ccnc4)cc3)nc2N)c1.Nc1ccc(OCCn2ccnc2)cc1.O=[N+]([O-])c1ccc(OCCn2ccnc2)cc1.OCCn1ccnc1.S=C=Nc1ccc(OCCn2ccnc2)cc1. The minimum absolute atomic E-state index is 0.0620. The maximum Gasteiger partial charge on any atom is 0.269 e. The summed E-state index contributed by atoms with van der Waals surface area (Å²) in [4.78, 5) is 62.1. The number of benzene rings is 6. The van der Waals surface area contributed by atoms with E-state index < -0.39 is 4.92 Å². The first-order chi connectivity index (χ1) is 48.8. The molecule has 0 spiro atoms. The molecule has 6 heterocycles. The number of nitrogens with two attached hydrogens (primary N) is 2. The fourth-order valence-corrected chi connectivity index (χ4v) is 9.56. The van der Waals surface area contributed by atoms with E-state index in [1.165, 1.54) is 23.5 Å². The Bertz CT molecular complexity index is 4220. The molecule has 518 valence electrons. The van der Waals surface area contributed by atoms with E-state index >= 15 is 0 Å². The van der Waals surface area contributed by atoms with E-state index in [1.807, 2.05) is 133 Å². The van der Waals surface area contributed by atoms with Crippen LogP contribution in [0.1, 0.15) is 25.6 Å². The number of nitrogen functional groups attached to an aromatic ring is 2. The molecule has 0 aliphatic heterocycles.